The fourth-order valence-electron chi connectivity index (χ4n) is 0.602. The summed E-state index contributed by atoms with van der Waals surface area (Å²) in [6.07, 6.45) is 3.80. The number of ketones is 1. The molecule has 0 aromatic heterocycles. The van der Waals surface area contributed by atoms with E-state index >= 15 is 0 Å². The van der Waals surface area contributed by atoms with Crippen molar-refractivity contribution in [1.29, 1.82) is 0 Å². The summed E-state index contributed by atoms with van der Waals surface area (Å²) in [5.41, 5.74) is 0. The highest BCUT2D eigenvalue weighted by Gasteiger charge is 1.91. The van der Waals surface area contributed by atoms with Crippen molar-refractivity contribution < 1.29 is 9.59 Å². The molecule has 0 aromatic rings. The Bertz CT molecular complexity index is 97.7. The van der Waals surface area contributed by atoms with Gasteiger partial charge in [0.1, 0.15) is 12.1 Å². The van der Waals surface area contributed by atoms with E-state index in [1.54, 1.807) is 6.92 Å². The molecule has 0 spiro atoms. The van der Waals surface area contributed by atoms with Crippen LogP contribution in [0.3, 0.4) is 0 Å². The van der Waals surface area contributed by atoms with Gasteiger partial charge >= 0.3 is 0 Å². The first-order chi connectivity index (χ1) is 5.27. The van der Waals surface area contributed by atoms with Crippen LogP contribution in [0, 0.1) is 0 Å². The molecule has 0 N–H and O–H groups in total. The van der Waals surface area contributed by atoms with Crippen molar-refractivity contribution in [2.45, 2.75) is 46.5 Å². The van der Waals surface area contributed by atoms with Crippen LogP contribution in [0.25, 0.3) is 0 Å². The minimum absolute atomic E-state index is 0.209. The highest BCUT2D eigenvalue weighted by molar-refractivity contribution is 5.75. The van der Waals surface area contributed by atoms with Crippen molar-refractivity contribution in [3.63, 3.8) is 0 Å². The van der Waals surface area contributed by atoms with Crippen molar-refractivity contribution >= 4 is 12.1 Å². The van der Waals surface area contributed by atoms with Crippen LogP contribution < -0.4 is 0 Å². The number of hydrogen-bond donors (Lipinski definition) is 0. The third-order valence-electron chi connectivity index (χ3n) is 1.10. The minimum atomic E-state index is 0.209. The Labute approximate surface area is 69.0 Å². The largest absolute Gasteiger partial charge is 0.303 e. The lowest BCUT2D eigenvalue weighted by Gasteiger charge is -1.90. The summed E-state index contributed by atoms with van der Waals surface area (Å²) in [6.45, 7) is 5.57. The van der Waals surface area contributed by atoms with Crippen molar-refractivity contribution in [3.8, 4) is 0 Å². The van der Waals surface area contributed by atoms with Gasteiger partial charge in [0.25, 0.3) is 0 Å². The number of aldehydes is 1. The summed E-state index contributed by atoms with van der Waals surface area (Å²) < 4.78 is 0. The normalized spacial score (nSPS) is 7.91. The fraction of sp³-hybridized carbons (Fsp3) is 0.778. The standard InChI is InChI=1S/C7H12O2.C2H6/c1-7(9)5-3-2-4-6-8;1-2/h6H,2-5H2,1H3;1-2H3. The van der Waals surface area contributed by atoms with Gasteiger partial charge in [-0.25, -0.2) is 0 Å². The van der Waals surface area contributed by atoms with E-state index in [0.29, 0.717) is 12.8 Å². The first-order valence-corrected chi connectivity index (χ1v) is 4.20. The summed E-state index contributed by atoms with van der Waals surface area (Å²) >= 11 is 0. The summed E-state index contributed by atoms with van der Waals surface area (Å²) in [6, 6.07) is 0. The number of carbonyl (C=O) groups excluding carboxylic acids is 2. The Morgan fingerprint density at radius 1 is 1.27 bits per heavy atom. The van der Waals surface area contributed by atoms with E-state index in [1.807, 2.05) is 13.8 Å². The molecule has 0 aliphatic carbocycles. The van der Waals surface area contributed by atoms with Crippen LogP contribution in [0.2, 0.25) is 0 Å². The molecular weight excluding hydrogens is 140 g/mol. The van der Waals surface area contributed by atoms with Crippen LogP contribution in [0.1, 0.15) is 46.5 Å². The van der Waals surface area contributed by atoms with Gasteiger partial charge in [0.05, 0.1) is 0 Å². The zero-order chi connectivity index (χ0) is 9.11. The third-order valence-corrected chi connectivity index (χ3v) is 1.10. The van der Waals surface area contributed by atoms with E-state index in [2.05, 4.69) is 0 Å². The molecule has 0 fully saturated rings. The molecule has 0 bridgehead atoms. The quantitative estimate of drug-likeness (QED) is 0.454. The summed E-state index contributed by atoms with van der Waals surface area (Å²) in [5, 5.41) is 0. The van der Waals surface area contributed by atoms with Gasteiger partial charge in [-0.05, 0) is 19.8 Å². The number of hydrogen-bond acceptors (Lipinski definition) is 2. The van der Waals surface area contributed by atoms with Gasteiger partial charge in [0.2, 0.25) is 0 Å². The molecular formula is C9H18O2. The first-order valence-electron chi connectivity index (χ1n) is 4.20. The van der Waals surface area contributed by atoms with Crippen molar-refractivity contribution in [1.82, 2.24) is 0 Å². The average Bonchev–Trinajstić information content (AvgIpc) is 2.02. The van der Waals surface area contributed by atoms with Crippen LogP contribution in [0.4, 0.5) is 0 Å². The third kappa shape index (κ3) is 17.6. The van der Waals surface area contributed by atoms with Crippen LogP contribution in [-0.2, 0) is 9.59 Å². The van der Waals surface area contributed by atoms with Crippen LogP contribution in [-0.4, -0.2) is 12.1 Å². The number of carbonyl (C=O) groups is 2. The molecule has 2 heteroatoms. The first kappa shape index (κ1) is 13.0. The zero-order valence-corrected chi connectivity index (χ0v) is 7.72. The number of rotatable bonds is 5. The van der Waals surface area contributed by atoms with Gasteiger partial charge in [-0.2, -0.15) is 0 Å². The van der Waals surface area contributed by atoms with Crippen molar-refractivity contribution in [2.24, 2.45) is 0 Å². The smallest absolute Gasteiger partial charge is 0.129 e. The topological polar surface area (TPSA) is 34.1 Å². The van der Waals surface area contributed by atoms with Gasteiger partial charge in [0.15, 0.2) is 0 Å². The van der Waals surface area contributed by atoms with E-state index in [0.717, 1.165) is 19.1 Å². The van der Waals surface area contributed by atoms with E-state index < -0.39 is 0 Å². The van der Waals surface area contributed by atoms with Gasteiger partial charge in [0, 0.05) is 12.8 Å². The maximum atomic E-state index is 10.3. The highest BCUT2D eigenvalue weighted by atomic mass is 16.1. The molecule has 0 atom stereocenters. The molecule has 0 radical (unpaired) electrons. The van der Waals surface area contributed by atoms with Crippen molar-refractivity contribution in [3.05, 3.63) is 0 Å². The molecule has 0 aliphatic heterocycles. The van der Waals surface area contributed by atoms with Gasteiger partial charge in [-0.1, -0.05) is 13.8 Å². The van der Waals surface area contributed by atoms with E-state index in [-0.39, 0.29) is 5.78 Å². The van der Waals surface area contributed by atoms with Gasteiger partial charge < -0.3 is 9.59 Å². The molecule has 0 aromatic carbocycles. The molecule has 0 heterocycles. The summed E-state index contributed by atoms with van der Waals surface area (Å²) in [7, 11) is 0. The van der Waals surface area contributed by atoms with E-state index in [4.69, 9.17) is 0 Å². The second-order valence-electron chi connectivity index (χ2n) is 2.11. The lowest BCUT2D eigenvalue weighted by atomic mass is 10.1. The fourth-order valence-corrected chi connectivity index (χ4v) is 0.602. The maximum Gasteiger partial charge on any atom is 0.129 e. The minimum Gasteiger partial charge on any atom is -0.303 e. The molecule has 0 saturated heterocycles. The lowest BCUT2D eigenvalue weighted by Crippen LogP contribution is -1.88. The molecule has 0 amide bonds. The SMILES string of the molecule is CC.CC(=O)CCCCC=O. The van der Waals surface area contributed by atoms with E-state index in [1.165, 1.54) is 0 Å². The summed E-state index contributed by atoms with van der Waals surface area (Å²) in [4.78, 5) is 20.1. The number of unbranched alkanes of at least 4 members (excludes halogenated alkanes) is 2. The Balaban J connectivity index is 0. The Morgan fingerprint density at radius 2 is 1.82 bits per heavy atom. The lowest BCUT2D eigenvalue weighted by molar-refractivity contribution is -0.117. The summed E-state index contributed by atoms with van der Waals surface area (Å²) in [5.74, 6) is 0.209. The second-order valence-corrected chi connectivity index (χ2v) is 2.11. The van der Waals surface area contributed by atoms with Gasteiger partial charge in [-0.15, -0.1) is 0 Å². The second kappa shape index (κ2) is 12.1. The Kier molecular flexibility index (Phi) is 14.2. The molecule has 11 heavy (non-hydrogen) atoms. The predicted octanol–water partition coefficient (Wildman–Crippen LogP) is 2.36. The molecule has 0 unspecified atom stereocenters. The van der Waals surface area contributed by atoms with Crippen LogP contribution in [0.5, 0.6) is 0 Å². The van der Waals surface area contributed by atoms with Crippen molar-refractivity contribution in [2.75, 3.05) is 0 Å². The number of Topliss-reactive ketones (excluding diaryl/α,β-unsaturated/α-hetero) is 1. The van der Waals surface area contributed by atoms with E-state index in [9.17, 15) is 9.59 Å². The molecule has 0 rings (SSSR count). The monoisotopic (exact) mass is 158 g/mol. The highest BCUT2D eigenvalue weighted by Crippen LogP contribution is 1.97. The maximum absolute atomic E-state index is 10.3. The average molecular weight is 158 g/mol. The predicted molar refractivity (Wildman–Crippen MR) is 46.6 cm³/mol. The molecule has 0 saturated carbocycles. The molecule has 2 nitrogen and oxygen atoms in total. The van der Waals surface area contributed by atoms with Crippen LogP contribution in [0.15, 0.2) is 0 Å². The van der Waals surface area contributed by atoms with Crippen LogP contribution >= 0.6 is 0 Å². The Hall–Kier alpha value is -0.660. The molecule has 0 aliphatic rings. The molecule has 66 valence electrons. The zero-order valence-electron chi connectivity index (χ0n) is 7.72. The Morgan fingerprint density at radius 3 is 2.18 bits per heavy atom. The van der Waals surface area contributed by atoms with Gasteiger partial charge in [-0.3, -0.25) is 0 Å².